The van der Waals surface area contributed by atoms with Gasteiger partial charge in [-0.15, -0.1) is 11.6 Å². The zero-order chi connectivity index (χ0) is 5.28. The summed E-state index contributed by atoms with van der Waals surface area (Å²) in [4.78, 5) is 0. The fourth-order valence-electron chi connectivity index (χ4n) is 0.489. The third kappa shape index (κ3) is 2.15. The summed E-state index contributed by atoms with van der Waals surface area (Å²) in [6, 6.07) is 0. The van der Waals surface area contributed by atoms with E-state index in [1.807, 2.05) is 0 Å². The Balaban J connectivity index is 1.97. The zero-order valence-electron chi connectivity index (χ0n) is 4.06. The van der Waals surface area contributed by atoms with Gasteiger partial charge in [-0.3, -0.25) is 0 Å². The first-order valence-electron chi connectivity index (χ1n) is 2.38. The molecule has 0 aromatic carbocycles. The Labute approximate surface area is 48.6 Å². The highest BCUT2D eigenvalue weighted by Gasteiger charge is 2.23. The highest BCUT2D eigenvalue weighted by atomic mass is 35.5. The van der Waals surface area contributed by atoms with Crippen LogP contribution in [0.5, 0.6) is 0 Å². The van der Waals surface area contributed by atoms with E-state index in [9.17, 15) is 0 Å². The van der Waals surface area contributed by atoms with Crippen LogP contribution in [-0.4, -0.2) is 18.1 Å². The molecule has 0 spiro atoms. The minimum absolute atomic E-state index is 0.0347. The van der Waals surface area contributed by atoms with Crippen molar-refractivity contribution in [2.75, 3.05) is 6.61 Å². The van der Waals surface area contributed by atoms with Crippen molar-refractivity contribution >= 4 is 11.6 Å². The van der Waals surface area contributed by atoms with Gasteiger partial charge in [0.1, 0.15) is 0 Å². The summed E-state index contributed by atoms with van der Waals surface area (Å²) in [5.41, 5.74) is 0. The maximum absolute atomic E-state index is 5.52. The molecule has 1 aliphatic rings. The number of rotatable bonds is 2. The van der Waals surface area contributed by atoms with Crippen LogP contribution in [0.4, 0.5) is 0 Å². The number of ether oxygens (including phenoxy) is 1. The molecule has 0 N–H and O–H groups in total. The first-order valence-corrected chi connectivity index (χ1v) is 2.81. The predicted octanol–water partition coefficient (Wildman–Crippen LogP) is 1.22. The van der Waals surface area contributed by atoms with Crippen LogP contribution in [0.25, 0.3) is 0 Å². The maximum atomic E-state index is 5.52. The van der Waals surface area contributed by atoms with Crippen molar-refractivity contribution in [1.29, 1.82) is 0 Å². The molecule has 0 aromatic heterocycles. The summed E-state index contributed by atoms with van der Waals surface area (Å²) in [7, 11) is 0. The minimum atomic E-state index is 0.0347. The number of alkyl halides is 1. The monoisotopic (exact) mass is 119 g/mol. The van der Waals surface area contributed by atoms with Gasteiger partial charge in [-0.1, -0.05) is 0 Å². The van der Waals surface area contributed by atoms with Crippen LogP contribution >= 0.6 is 11.6 Å². The summed E-state index contributed by atoms with van der Waals surface area (Å²) < 4.78 is 4.89. The molecule has 0 aromatic rings. The van der Waals surface area contributed by atoms with E-state index in [2.05, 4.69) is 6.92 Å². The highest BCUT2D eigenvalue weighted by molar-refractivity contribution is 6.21. The standard InChI is InChI=1S/C5H8ClO/c1-4(6)2-5-3-7-5/h4-5H,1-3H2. The first-order chi connectivity index (χ1) is 3.29. The Morgan fingerprint density at radius 1 is 2.00 bits per heavy atom. The topological polar surface area (TPSA) is 12.5 Å². The molecule has 2 heteroatoms. The lowest BCUT2D eigenvalue weighted by atomic mass is 10.3. The molecule has 1 saturated heterocycles. The molecule has 1 aliphatic heterocycles. The van der Waals surface area contributed by atoms with Crippen molar-refractivity contribution in [3.63, 3.8) is 0 Å². The van der Waals surface area contributed by atoms with Gasteiger partial charge in [-0.2, -0.15) is 0 Å². The lowest BCUT2D eigenvalue weighted by molar-refractivity contribution is 0.398. The third-order valence-corrected chi connectivity index (χ3v) is 1.10. The van der Waals surface area contributed by atoms with E-state index < -0.39 is 0 Å². The summed E-state index contributed by atoms with van der Waals surface area (Å²) in [6.07, 6.45) is 1.33. The molecular weight excluding hydrogens is 112 g/mol. The second kappa shape index (κ2) is 2.01. The second-order valence-corrected chi connectivity index (χ2v) is 2.41. The lowest BCUT2D eigenvalue weighted by Gasteiger charge is -1.93. The lowest BCUT2D eigenvalue weighted by Crippen LogP contribution is -1.95. The van der Waals surface area contributed by atoms with Gasteiger partial charge in [-0.05, 0) is 13.3 Å². The predicted molar refractivity (Wildman–Crippen MR) is 29.4 cm³/mol. The van der Waals surface area contributed by atoms with Crippen molar-refractivity contribution in [3.05, 3.63) is 6.92 Å². The molecule has 1 rings (SSSR count). The van der Waals surface area contributed by atoms with Gasteiger partial charge in [0.05, 0.1) is 12.7 Å². The molecule has 1 radical (unpaired) electrons. The van der Waals surface area contributed by atoms with Gasteiger partial charge >= 0.3 is 0 Å². The third-order valence-electron chi connectivity index (χ3n) is 0.921. The van der Waals surface area contributed by atoms with E-state index in [4.69, 9.17) is 16.3 Å². The summed E-state index contributed by atoms with van der Waals surface area (Å²) in [5.74, 6) is 0. The van der Waals surface area contributed by atoms with Crippen molar-refractivity contribution < 1.29 is 4.74 Å². The Bertz CT molecular complexity index is 59.1. The Hall–Kier alpha value is 0.250. The molecule has 1 heterocycles. The maximum Gasteiger partial charge on any atom is 0.0824 e. The molecule has 1 nitrogen and oxygen atoms in total. The van der Waals surface area contributed by atoms with Crippen LogP contribution in [0, 0.1) is 6.92 Å². The normalized spacial score (nSPS) is 32.6. The number of epoxide rings is 1. The number of halogens is 1. The van der Waals surface area contributed by atoms with Crippen LogP contribution in [0.2, 0.25) is 0 Å². The number of hydrogen-bond acceptors (Lipinski definition) is 1. The first kappa shape index (κ1) is 5.39. The van der Waals surface area contributed by atoms with Crippen LogP contribution in [0.3, 0.4) is 0 Å². The van der Waals surface area contributed by atoms with E-state index in [0.29, 0.717) is 6.10 Å². The Kier molecular flexibility index (Phi) is 1.55. The Morgan fingerprint density at radius 3 is 2.71 bits per heavy atom. The van der Waals surface area contributed by atoms with Gasteiger partial charge in [-0.25, -0.2) is 0 Å². The fraction of sp³-hybridized carbons (Fsp3) is 0.800. The van der Waals surface area contributed by atoms with Crippen LogP contribution in [0.15, 0.2) is 0 Å². The van der Waals surface area contributed by atoms with Crippen LogP contribution < -0.4 is 0 Å². The largest absolute Gasteiger partial charge is 0.373 e. The van der Waals surface area contributed by atoms with E-state index in [1.54, 1.807) is 0 Å². The molecule has 2 atom stereocenters. The molecule has 7 heavy (non-hydrogen) atoms. The molecule has 2 unspecified atom stereocenters. The second-order valence-electron chi connectivity index (χ2n) is 1.79. The van der Waals surface area contributed by atoms with E-state index >= 15 is 0 Å². The van der Waals surface area contributed by atoms with E-state index in [0.717, 1.165) is 13.0 Å². The van der Waals surface area contributed by atoms with Gasteiger partial charge in [0, 0.05) is 5.38 Å². The molecule has 0 bridgehead atoms. The van der Waals surface area contributed by atoms with Crippen molar-refractivity contribution in [2.24, 2.45) is 0 Å². The van der Waals surface area contributed by atoms with Crippen LogP contribution in [-0.2, 0) is 4.74 Å². The molecule has 0 saturated carbocycles. The Morgan fingerprint density at radius 2 is 2.57 bits per heavy atom. The SMILES string of the molecule is [CH2]C(Cl)CC1CO1. The fourth-order valence-corrected chi connectivity index (χ4v) is 0.688. The van der Waals surface area contributed by atoms with E-state index in [1.165, 1.54) is 0 Å². The molecule has 0 amide bonds. The summed E-state index contributed by atoms with van der Waals surface area (Å²) in [6.45, 7) is 4.49. The molecular formula is C5H8ClO. The highest BCUT2D eigenvalue weighted by Crippen LogP contribution is 2.17. The average Bonchev–Trinajstić information content (AvgIpc) is 2.17. The van der Waals surface area contributed by atoms with Gasteiger partial charge in [0.25, 0.3) is 0 Å². The van der Waals surface area contributed by atoms with Crippen LogP contribution in [0.1, 0.15) is 6.42 Å². The molecule has 41 valence electrons. The smallest absolute Gasteiger partial charge is 0.0824 e. The van der Waals surface area contributed by atoms with Crippen molar-refractivity contribution in [1.82, 2.24) is 0 Å². The zero-order valence-corrected chi connectivity index (χ0v) is 4.82. The average molecular weight is 120 g/mol. The quantitative estimate of drug-likeness (QED) is 0.393. The minimum Gasteiger partial charge on any atom is -0.373 e. The van der Waals surface area contributed by atoms with Crippen molar-refractivity contribution in [2.45, 2.75) is 17.9 Å². The van der Waals surface area contributed by atoms with Crippen molar-refractivity contribution in [3.8, 4) is 0 Å². The summed E-state index contributed by atoms with van der Waals surface area (Å²) >= 11 is 5.52. The number of hydrogen-bond donors (Lipinski definition) is 0. The van der Waals surface area contributed by atoms with E-state index in [-0.39, 0.29) is 5.38 Å². The van der Waals surface area contributed by atoms with Gasteiger partial charge in [0.15, 0.2) is 0 Å². The summed E-state index contributed by atoms with van der Waals surface area (Å²) in [5, 5.41) is 0.0347. The van der Waals surface area contributed by atoms with Gasteiger partial charge in [0.2, 0.25) is 0 Å². The molecule has 1 fully saturated rings. The molecule has 0 aliphatic carbocycles. The van der Waals surface area contributed by atoms with Gasteiger partial charge < -0.3 is 4.74 Å².